The Bertz CT molecular complexity index is 861. The van der Waals surface area contributed by atoms with Crippen molar-refractivity contribution in [2.75, 3.05) is 0 Å². The van der Waals surface area contributed by atoms with Crippen molar-refractivity contribution in [1.29, 1.82) is 0 Å². The Morgan fingerprint density at radius 1 is 1.09 bits per heavy atom. The normalized spacial score (nSPS) is 11.0. The summed E-state index contributed by atoms with van der Waals surface area (Å²) in [7, 11) is 0. The van der Waals surface area contributed by atoms with Crippen LogP contribution in [0.5, 0.6) is 0 Å². The highest BCUT2D eigenvalue weighted by molar-refractivity contribution is 5.87. The van der Waals surface area contributed by atoms with Crippen molar-refractivity contribution in [2.45, 2.75) is 27.3 Å². The number of carboxylic acids is 1. The Kier molecular flexibility index (Phi) is 3.45. The number of carboxylic acid groups (broad SMARTS) is 1. The maximum Gasteiger partial charge on any atom is 0.335 e. The highest BCUT2D eigenvalue weighted by Crippen LogP contribution is 2.21. The highest BCUT2D eigenvalue weighted by atomic mass is 16.4. The van der Waals surface area contributed by atoms with Gasteiger partial charge in [0.05, 0.1) is 16.6 Å². The molecule has 0 spiro atoms. The Labute approximate surface area is 129 Å². The molecule has 1 N–H and O–H groups in total. The van der Waals surface area contributed by atoms with E-state index in [-0.39, 0.29) is 0 Å². The lowest BCUT2D eigenvalue weighted by Crippen LogP contribution is -2.03. The molecule has 0 amide bonds. The summed E-state index contributed by atoms with van der Waals surface area (Å²) in [6.07, 6.45) is 0. The number of aromatic nitrogens is 2. The molecule has 0 fully saturated rings. The predicted molar refractivity (Wildman–Crippen MR) is 86.4 cm³/mol. The topological polar surface area (TPSA) is 55.1 Å². The first-order chi connectivity index (χ1) is 10.5. The van der Waals surface area contributed by atoms with Gasteiger partial charge in [-0.1, -0.05) is 12.1 Å². The number of imidazole rings is 1. The fourth-order valence-corrected chi connectivity index (χ4v) is 2.64. The zero-order valence-corrected chi connectivity index (χ0v) is 12.9. The number of aromatic carboxylic acids is 1. The van der Waals surface area contributed by atoms with Crippen LogP contribution in [0.3, 0.4) is 0 Å². The number of benzene rings is 2. The maximum absolute atomic E-state index is 10.9. The van der Waals surface area contributed by atoms with Gasteiger partial charge in [-0.3, -0.25) is 0 Å². The number of aryl methyl sites for hydroxylation is 3. The Balaban J connectivity index is 2.01. The Morgan fingerprint density at radius 3 is 2.36 bits per heavy atom. The van der Waals surface area contributed by atoms with Gasteiger partial charge in [-0.2, -0.15) is 0 Å². The van der Waals surface area contributed by atoms with Gasteiger partial charge in [-0.25, -0.2) is 9.78 Å². The van der Waals surface area contributed by atoms with E-state index in [2.05, 4.69) is 35.5 Å². The molecule has 0 saturated carbocycles. The van der Waals surface area contributed by atoms with E-state index in [9.17, 15) is 4.79 Å². The SMILES string of the molecule is Cc1cc2nc(C)n(Cc3ccc(C(=O)O)cc3)c2cc1C. The van der Waals surface area contributed by atoms with Crippen molar-refractivity contribution >= 4 is 17.0 Å². The fraction of sp³-hybridized carbons (Fsp3) is 0.222. The third-order valence-corrected chi connectivity index (χ3v) is 4.10. The molecule has 3 rings (SSSR count). The molecule has 22 heavy (non-hydrogen) atoms. The van der Waals surface area contributed by atoms with E-state index < -0.39 is 5.97 Å². The van der Waals surface area contributed by atoms with Gasteiger partial charge >= 0.3 is 5.97 Å². The zero-order chi connectivity index (χ0) is 15.9. The largest absolute Gasteiger partial charge is 0.478 e. The number of nitrogens with zero attached hydrogens (tertiary/aromatic N) is 2. The molecular formula is C18H18N2O2. The molecule has 0 atom stereocenters. The monoisotopic (exact) mass is 294 g/mol. The van der Waals surface area contributed by atoms with Crippen molar-refractivity contribution in [2.24, 2.45) is 0 Å². The van der Waals surface area contributed by atoms with E-state index in [1.54, 1.807) is 12.1 Å². The first-order valence-corrected chi connectivity index (χ1v) is 7.22. The Hall–Kier alpha value is -2.62. The summed E-state index contributed by atoms with van der Waals surface area (Å²) in [5, 5.41) is 8.96. The minimum absolute atomic E-state index is 0.308. The molecular weight excluding hydrogens is 276 g/mol. The van der Waals surface area contributed by atoms with Crippen molar-refractivity contribution in [3.05, 3.63) is 64.5 Å². The average Bonchev–Trinajstić information content (AvgIpc) is 2.76. The maximum atomic E-state index is 10.9. The van der Waals surface area contributed by atoms with Gasteiger partial charge < -0.3 is 9.67 Å². The second-order valence-corrected chi connectivity index (χ2v) is 5.67. The van der Waals surface area contributed by atoms with Crippen LogP contribution in [0, 0.1) is 20.8 Å². The molecule has 1 heterocycles. The van der Waals surface area contributed by atoms with Crippen LogP contribution in [0.2, 0.25) is 0 Å². The Morgan fingerprint density at radius 2 is 1.73 bits per heavy atom. The molecule has 1 aromatic heterocycles. The first kappa shape index (κ1) is 14.3. The fourth-order valence-electron chi connectivity index (χ4n) is 2.64. The van der Waals surface area contributed by atoms with Crippen LogP contribution < -0.4 is 0 Å². The summed E-state index contributed by atoms with van der Waals surface area (Å²) in [6, 6.07) is 11.3. The van der Waals surface area contributed by atoms with E-state index in [1.165, 1.54) is 11.1 Å². The molecule has 0 aliphatic carbocycles. The number of fused-ring (bicyclic) bond motifs is 1. The quantitative estimate of drug-likeness (QED) is 0.801. The minimum atomic E-state index is -0.901. The summed E-state index contributed by atoms with van der Waals surface area (Å²) >= 11 is 0. The number of rotatable bonds is 3. The summed E-state index contributed by atoms with van der Waals surface area (Å²) in [5.74, 6) is 0.0595. The highest BCUT2D eigenvalue weighted by Gasteiger charge is 2.10. The van der Waals surface area contributed by atoms with Gasteiger partial charge in [0.2, 0.25) is 0 Å². The standard InChI is InChI=1S/C18H18N2O2/c1-11-8-16-17(9-12(11)2)20(13(3)19-16)10-14-4-6-15(7-5-14)18(21)22/h4-9H,10H2,1-3H3,(H,21,22). The summed E-state index contributed by atoms with van der Waals surface area (Å²) in [4.78, 5) is 15.5. The summed E-state index contributed by atoms with van der Waals surface area (Å²) in [5.41, 5.74) is 5.97. The van der Waals surface area contributed by atoms with Gasteiger partial charge in [0.25, 0.3) is 0 Å². The van der Waals surface area contributed by atoms with E-state index in [0.717, 1.165) is 22.4 Å². The average molecular weight is 294 g/mol. The number of hydrogen-bond acceptors (Lipinski definition) is 2. The molecule has 4 heteroatoms. The van der Waals surface area contributed by atoms with Crippen LogP contribution in [-0.2, 0) is 6.54 Å². The zero-order valence-electron chi connectivity index (χ0n) is 12.9. The van der Waals surface area contributed by atoms with Crippen LogP contribution in [0.1, 0.15) is 32.9 Å². The van der Waals surface area contributed by atoms with Crippen LogP contribution in [0.25, 0.3) is 11.0 Å². The third-order valence-electron chi connectivity index (χ3n) is 4.10. The van der Waals surface area contributed by atoms with E-state index >= 15 is 0 Å². The molecule has 3 aromatic rings. The number of carbonyl (C=O) groups is 1. The van der Waals surface area contributed by atoms with Crippen LogP contribution in [0.4, 0.5) is 0 Å². The molecule has 0 aliphatic heterocycles. The first-order valence-electron chi connectivity index (χ1n) is 7.22. The molecule has 0 saturated heterocycles. The molecule has 112 valence electrons. The van der Waals surface area contributed by atoms with Crippen molar-refractivity contribution in [1.82, 2.24) is 9.55 Å². The van der Waals surface area contributed by atoms with Crippen LogP contribution >= 0.6 is 0 Å². The second kappa shape index (κ2) is 5.30. The lowest BCUT2D eigenvalue weighted by molar-refractivity contribution is 0.0697. The van der Waals surface area contributed by atoms with E-state index in [1.807, 2.05) is 19.1 Å². The van der Waals surface area contributed by atoms with Gasteiger partial charge in [0, 0.05) is 6.54 Å². The van der Waals surface area contributed by atoms with Crippen LogP contribution in [-0.4, -0.2) is 20.6 Å². The molecule has 0 bridgehead atoms. The van der Waals surface area contributed by atoms with Crippen LogP contribution in [0.15, 0.2) is 36.4 Å². The second-order valence-electron chi connectivity index (χ2n) is 5.67. The summed E-state index contributed by atoms with van der Waals surface area (Å²) in [6.45, 7) is 6.87. The molecule has 0 unspecified atom stereocenters. The van der Waals surface area contributed by atoms with Crippen molar-refractivity contribution in [3.8, 4) is 0 Å². The smallest absolute Gasteiger partial charge is 0.335 e. The van der Waals surface area contributed by atoms with Crippen molar-refractivity contribution in [3.63, 3.8) is 0 Å². The lowest BCUT2D eigenvalue weighted by Gasteiger charge is -2.08. The minimum Gasteiger partial charge on any atom is -0.478 e. The lowest BCUT2D eigenvalue weighted by atomic mass is 10.1. The third kappa shape index (κ3) is 2.48. The molecule has 0 aliphatic rings. The van der Waals surface area contributed by atoms with Gasteiger partial charge in [-0.05, 0) is 61.7 Å². The van der Waals surface area contributed by atoms with Gasteiger partial charge in [0.15, 0.2) is 0 Å². The number of hydrogen-bond donors (Lipinski definition) is 1. The van der Waals surface area contributed by atoms with Gasteiger partial charge in [0.1, 0.15) is 5.82 Å². The summed E-state index contributed by atoms with van der Waals surface area (Å²) < 4.78 is 2.16. The van der Waals surface area contributed by atoms with E-state index in [4.69, 9.17) is 5.11 Å². The van der Waals surface area contributed by atoms with E-state index in [0.29, 0.717) is 12.1 Å². The molecule has 0 radical (unpaired) electrons. The predicted octanol–water partition coefficient (Wildman–Crippen LogP) is 3.71. The molecule has 2 aromatic carbocycles. The van der Waals surface area contributed by atoms with Gasteiger partial charge in [-0.15, -0.1) is 0 Å². The van der Waals surface area contributed by atoms with Crippen molar-refractivity contribution < 1.29 is 9.90 Å². The molecule has 4 nitrogen and oxygen atoms in total.